The fraction of sp³-hybridized carbons (Fsp3) is 0.588. The van der Waals surface area contributed by atoms with Crippen LogP contribution in [0.3, 0.4) is 0 Å². The first-order chi connectivity index (χ1) is 8.54. The van der Waals surface area contributed by atoms with Crippen LogP contribution in [-0.4, -0.2) is 21.6 Å². The molecule has 0 fully saturated rings. The summed E-state index contributed by atoms with van der Waals surface area (Å²) in [6.07, 6.45) is 6.53. The Morgan fingerprint density at radius 1 is 1.15 bits per heavy atom. The van der Waals surface area contributed by atoms with Crippen LogP contribution in [0.5, 0.6) is 0 Å². The van der Waals surface area contributed by atoms with Crippen LogP contribution in [0, 0.1) is 34.1 Å². The van der Waals surface area contributed by atoms with Crippen LogP contribution in [0.4, 0.5) is 0 Å². The minimum atomic E-state index is -0.250. The summed E-state index contributed by atoms with van der Waals surface area (Å²) in [7, 11) is 1.36. The van der Waals surface area contributed by atoms with Gasteiger partial charge in [0.15, 0.2) is 0 Å². The molecule has 20 heavy (non-hydrogen) atoms. The molecule has 0 spiro atoms. The molecular formula is C17H33NSiTi. The van der Waals surface area contributed by atoms with Gasteiger partial charge in [-0.3, -0.25) is 0 Å². The molecule has 1 aromatic carbocycles. The number of hydrogen-bond acceptors (Lipinski definition) is 0. The molecule has 0 amide bonds. The third-order valence-electron chi connectivity index (χ3n) is 2.18. The van der Waals surface area contributed by atoms with Crippen LogP contribution in [0.25, 0.3) is 5.73 Å². The molecule has 0 bridgehead atoms. The van der Waals surface area contributed by atoms with E-state index in [1.165, 1.54) is 32.1 Å². The molecule has 0 saturated carbocycles. The van der Waals surface area contributed by atoms with Crippen molar-refractivity contribution in [2.24, 2.45) is 0 Å². The van der Waals surface area contributed by atoms with Crippen LogP contribution in [0.1, 0.15) is 56.9 Å². The smallest absolute Gasteiger partial charge is 0.673 e. The van der Waals surface area contributed by atoms with Crippen molar-refractivity contribution in [2.45, 2.75) is 67.9 Å². The van der Waals surface area contributed by atoms with E-state index in [9.17, 15) is 0 Å². The van der Waals surface area contributed by atoms with Crippen molar-refractivity contribution in [3.63, 3.8) is 0 Å². The van der Waals surface area contributed by atoms with E-state index in [1.54, 1.807) is 0 Å². The first-order valence-corrected chi connectivity index (χ1v) is 7.46. The van der Waals surface area contributed by atoms with Crippen molar-refractivity contribution in [2.75, 3.05) is 0 Å². The van der Waals surface area contributed by atoms with Gasteiger partial charge < -0.3 is 18.3 Å². The molecule has 0 heterocycles. The molecule has 0 atom stereocenters. The number of nitrogens with one attached hydrogen (secondary N) is 1. The maximum atomic E-state index is 6.94. The predicted molar refractivity (Wildman–Crippen MR) is 95.3 cm³/mol. The standard InChI is InChI=1S/C9H13.C4H10N.C3H7.CH3Si.Ti/c1-6-5-7(2)9(4)8(6)3;1-4(2,3)5;1-3-2;1-2;/h5H,1-4H3;5H,1-3H3;3H,1-2H3;1H,2H2;/q4*-1;+4. The first-order valence-electron chi connectivity index (χ1n) is 6.64. The zero-order valence-corrected chi connectivity index (χ0v) is 17.9. The Bertz CT molecular complexity index is 296. The number of rotatable bonds is 0. The topological polar surface area (TPSA) is 23.8 Å². The SMILES string of the molecule is CC(C)(C)[NH-].C[CH-]C.Cc1c[c-](C)c(C)c1C.[CH-]=[SiH2].[Ti+4]. The van der Waals surface area contributed by atoms with Gasteiger partial charge >= 0.3 is 21.7 Å². The van der Waals surface area contributed by atoms with Crippen molar-refractivity contribution in [1.82, 2.24) is 0 Å². The third kappa shape index (κ3) is 20.4. The molecule has 3 heteroatoms. The molecule has 1 N–H and O–H groups in total. The fourth-order valence-corrected chi connectivity index (χ4v) is 1.13. The summed E-state index contributed by atoms with van der Waals surface area (Å²) in [6, 6.07) is 2.24. The summed E-state index contributed by atoms with van der Waals surface area (Å²) < 4.78 is 0. The Morgan fingerprint density at radius 2 is 1.40 bits per heavy atom. The van der Waals surface area contributed by atoms with Gasteiger partial charge in [0.25, 0.3) is 0 Å². The molecule has 1 rings (SSSR count). The van der Waals surface area contributed by atoms with Crippen molar-refractivity contribution < 1.29 is 21.7 Å². The molecule has 0 aliphatic heterocycles. The van der Waals surface area contributed by atoms with Gasteiger partial charge in [-0.25, -0.2) is 9.85 Å². The van der Waals surface area contributed by atoms with E-state index in [-0.39, 0.29) is 27.3 Å². The maximum absolute atomic E-state index is 6.94. The second-order valence-electron chi connectivity index (χ2n) is 5.59. The van der Waals surface area contributed by atoms with Crippen LogP contribution in [0.2, 0.25) is 0 Å². The predicted octanol–water partition coefficient (Wildman–Crippen LogP) is 4.63. The van der Waals surface area contributed by atoms with Gasteiger partial charge in [0, 0.05) is 0 Å². The van der Waals surface area contributed by atoms with Gasteiger partial charge in [-0.2, -0.15) is 42.2 Å². The van der Waals surface area contributed by atoms with Gasteiger partial charge in [0.1, 0.15) is 0 Å². The minimum Gasteiger partial charge on any atom is -0.673 e. The van der Waals surface area contributed by atoms with Crippen LogP contribution in [0.15, 0.2) is 6.07 Å². The monoisotopic (exact) mass is 327 g/mol. The van der Waals surface area contributed by atoms with Crippen molar-refractivity contribution >= 4 is 16.0 Å². The van der Waals surface area contributed by atoms with E-state index in [4.69, 9.17) is 5.73 Å². The molecule has 1 aromatic rings. The zero-order valence-electron chi connectivity index (χ0n) is 14.9. The Kier molecular flexibility index (Phi) is 21.9. The molecule has 0 aliphatic rings. The van der Waals surface area contributed by atoms with Gasteiger partial charge in [-0.05, 0) is 0 Å². The normalized spacial score (nSPS) is 8.70. The molecular weight excluding hydrogens is 294 g/mol. The quantitative estimate of drug-likeness (QED) is 0.490. The number of hydrogen-bond donors (Lipinski definition) is 0. The third-order valence-corrected chi connectivity index (χ3v) is 2.18. The Balaban J connectivity index is -0.000000101. The summed E-state index contributed by atoms with van der Waals surface area (Å²) >= 11 is 0. The number of aryl methyl sites for hydroxylation is 2. The van der Waals surface area contributed by atoms with E-state index >= 15 is 0 Å². The van der Waals surface area contributed by atoms with Crippen molar-refractivity contribution in [3.8, 4) is 0 Å². The van der Waals surface area contributed by atoms with Gasteiger partial charge in [0.2, 0.25) is 0 Å². The summed E-state index contributed by atoms with van der Waals surface area (Å²) in [5.41, 5.74) is 12.4. The summed E-state index contributed by atoms with van der Waals surface area (Å²) in [5.74, 6) is 0. The largest absolute Gasteiger partial charge is 4.00 e. The zero-order chi connectivity index (χ0) is 16.2. The summed E-state index contributed by atoms with van der Waals surface area (Å²) in [6.45, 7) is 18.2. The summed E-state index contributed by atoms with van der Waals surface area (Å²) in [4.78, 5) is 0. The van der Waals surface area contributed by atoms with E-state index in [2.05, 4.69) is 39.9 Å². The second-order valence-corrected chi connectivity index (χ2v) is 5.59. The minimum absolute atomic E-state index is 0. The maximum Gasteiger partial charge on any atom is 4.00 e. The average molecular weight is 327 g/mol. The molecule has 0 unspecified atom stereocenters. The Morgan fingerprint density at radius 3 is 1.45 bits per heavy atom. The van der Waals surface area contributed by atoms with Crippen LogP contribution < -0.4 is 0 Å². The fourth-order valence-electron chi connectivity index (χ4n) is 1.13. The van der Waals surface area contributed by atoms with E-state index in [0.717, 1.165) is 0 Å². The summed E-state index contributed by atoms with van der Waals surface area (Å²) in [5, 5.41) is 0. The van der Waals surface area contributed by atoms with Crippen molar-refractivity contribution in [1.29, 1.82) is 0 Å². The van der Waals surface area contributed by atoms with E-state index in [0.29, 0.717) is 0 Å². The second kappa shape index (κ2) is 15.5. The molecule has 0 saturated heterocycles. The van der Waals surface area contributed by atoms with E-state index < -0.39 is 0 Å². The van der Waals surface area contributed by atoms with Crippen LogP contribution >= 0.6 is 0 Å². The molecule has 0 aliphatic carbocycles. The van der Waals surface area contributed by atoms with Gasteiger partial charge in [0.05, 0.1) is 0 Å². The molecule has 0 radical (unpaired) electrons. The Hall–Kier alpha value is 0.111. The van der Waals surface area contributed by atoms with Crippen LogP contribution in [-0.2, 0) is 21.7 Å². The van der Waals surface area contributed by atoms with Gasteiger partial charge in [-0.1, -0.05) is 48.5 Å². The van der Waals surface area contributed by atoms with Gasteiger partial charge in [-0.15, -0.1) is 5.54 Å². The first kappa shape index (κ1) is 28.3. The van der Waals surface area contributed by atoms with E-state index in [1.807, 2.05) is 41.0 Å². The molecule has 114 valence electrons. The molecule has 1 nitrogen and oxygen atoms in total. The molecule has 0 aromatic heterocycles. The Labute approximate surface area is 146 Å². The average Bonchev–Trinajstić information content (AvgIpc) is 2.47. The van der Waals surface area contributed by atoms with Crippen molar-refractivity contribution in [3.05, 3.63) is 40.5 Å².